The monoisotopic (exact) mass is 301 g/mol. The van der Waals surface area contributed by atoms with E-state index in [0.29, 0.717) is 11.4 Å². The second-order valence-electron chi connectivity index (χ2n) is 4.67. The summed E-state index contributed by atoms with van der Waals surface area (Å²) in [6.07, 6.45) is 0. The summed E-state index contributed by atoms with van der Waals surface area (Å²) in [7, 11) is 0. The lowest BCUT2D eigenvalue weighted by atomic mass is 10.2. The van der Waals surface area contributed by atoms with Gasteiger partial charge in [-0.2, -0.15) is 0 Å². The number of ether oxygens (including phenoxy) is 1. The fourth-order valence-corrected chi connectivity index (χ4v) is 1.82. The molecule has 0 aliphatic heterocycles. The van der Waals surface area contributed by atoms with E-state index >= 15 is 0 Å². The summed E-state index contributed by atoms with van der Waals surface area (Å²) in [5.74, 6) is 0.0617. The molecule has 1 amide bonds. The standard InChI is InChI=1S/C15H15N3O4/c1-10-3-8-14(11(2)16-10)17-15(19)9-22-13-6-4-12(5-7-13)18(20)21/h3-8H,9H2,1-2H3,(H,17,19). The van der Waals surface area contributed by atoms with Gasteiger partial charge >= 0.3 is 0 Å². The van der Waals surface area contributed by atoms with Gasteiger partial charge in [0.15, 0.2) is 6.61 Å². The number of amides is 1. The molecule has 1 aromatic carbocycles. The Morgan fingerprint density at radius 1 is 1.23 bits per heavy atom. The van der Waals surface area contributed by atoms with E-state index in [4.69, 9.17) is 4.74 Å². The summed E-state index contributed by atoms with van der Waals surface area (Å²) in [4.78, 5) is 26.1. The average Bonchev–Trinajstić information content (AvgIpc) is 2.48. The molecule has 1 aromatic heterocycles. The second-order valence-corrected chi connectivity index (χ2v) is 4.67. The highest BCUT2D eigenvalue weighted by Crippen LogP contribution is 2.17. The third-order valence-corrected chi connectivity index (χ3v) is 2.92. The van der Waals surface area contributed by atoms with E-state index in [2.05, 4.69) is 10.3 Å². The van der Waals surface area contributed by atoms with Crippen LogP contribution in [0.25, 0.3) is 0 Å². The van der Waals surface area contributed by atoms with E-state index in [9.17, 15) is 14.9 Å². The number of nitrogens with one attached hydrogen (secondary N) is 1. The van der Waals surface area contributed by atoms with Crippen LogP contribution in [0, 0.1) is 24.0 Å². The molecule has 0 bridgehead atoms. The number of anilines is 1. The third-order valence-electron chi connectivity index (χ3n) is 2.92. The van der Waals surface area contributed by atoms with Crippen LogP contribution >= 0.6 is 0 Å². The maximum atomic E-state index is 11.8. The van der Waals surface area contributed by atoms with Gasteiger partial charge in [0.25, 0.3) is 11.6 Å². The first-order valence-electron chi connectivity index (χ1n) is 6.57. The molecule has 114 valence electrons. The molecule has 0 fully saturated rings. The van der Waals surface area contributed by atoms with Crippen molar-refractivity contribution in [1.29, 1.82) is 0 Å². The van der Waals surface area contributed by atoms with Crippen molar-refractivity contribution in [2.45, 2.75) is 13.8 Å². The summed E-state index contributed by atoms with van der Waals surface area (Å²) < 4.78 is 5.28. The van der Waals surface area contributed by atoms with Gasteiger partial charge in [0.1, 0.15) is 5.75 Å². The Labute approximate surface area is 127 Å². The molecule has 0 radical (unpaired) electrons. The normalized spacial score (nSPS) is 10.1. The molecule has 1 N–H and O–H groups in total. The number of aryl methyl sites for hydroxylation is 2. The topological polar surface area (TPSA) is 94.4 Å². The number of nitro groups is 1. The second kappa shape index (κ2) is 6.66. The van der Waals surface area contributed by atoms with Crippen molar-refractivity contribution in [1.82, 2.24) is 4.98 Å². The van der Waals surface area contributed by atoms with E-state index < -0.39 is 4.92 Å². The van der Waals surface area contributed by atoms with Gasteiger partial charge in [-0.3, -0.25) is 19.9 Å². The Morgan fingerprint density at radius 3 is 2.50 bits per heavy atom. The number of nitro benzene ring substituents is 1. The molecule has 7 nitrogen and oxygen atoms in total. The number of hydrogen-bond donors (Lipinski definition) is 1. The van der Waals surface area contributed by atoms with Crippen molar-refractivity contribution in [2.24, 2.45) is 0 Å². The van der Waals surface area contributed by atoms with Crippen LogP contribution < -0.4 is 10.1 Å². The van der Waals surface area contributed by atoms with Crippen LogP contribution in [-0.2, 0) is 4.79 Å². The number of carbonyl (C=O) groups excluding carboxylic acids is 1. The number of aromatic nitrogens is 1. The van der Waals surface area contributed by atoms with E-state index in [1.165, 1.54) is 24.3 Å². The zero-order chi connectivity index (χ0) is 16.1. The molecule has 0 aliphatic carbocycles. The van der Waals surface area contributed by atoms with Crippen LogP contribution in [-0.4, -0.2) is 22.4 Å². The minimum absolute atomic E-state index is 0.0295. The van der Waals surface area contributed by atoms with Crippen LogP contribution in [0.1, 0.15) is 11.4 Å². The molecular weight excluding hydrogens is 286 g/mol. The van der Waals surface area contributed by atoms with Crippen molar-refractivity contribution in [3.63, 3.8) is 0 Å². The fourth-order valence-electron chi connectivity index (χ4n) is 1.82. The van der Waals surface area contributed by atoms with E-state index in [1.807, 2.05) is 6.92 Å². The van der Waals surface area contributed by atoms with Crippen molar-refractivity contribution in [3.8, 4) is 5.75 Å². The molecule has 0 saturated heterocycles. The molecular formula is C15H15N3O4. The smallest absolute Gasteiger partial charge is 0.269 e. The molecule has 2 rings (SSSR count). The van der Waals surface area contributed by atoms with Gasteiger partial charge in [-0.1, -0.05) is 0 Å². The number of hydrogen-bond acceptors (Lipinski definition) is 5. The average molecular weight is 301 g/mol. The Balaban J connectivity index is 1.91. The van der Waals surface area contributed by atoms with Crippen LogP contribution in [0.4, 0.5) is 11.4 Å². The Hall–Kier alpha value is -2.96. The molecule has 0 spiro atoms. The van der Waals surface area contributed by atoms with Crippen molar-refractivity contribution < 1.29 is 14.5 Å². The SMILES string of the molecule is Cc1ccc(NC(=O)COc2ccc([N+](=O)[O-])cc2)c(C)n1. The first kappa shape index (κ1) is 15.4. The zero-order valence-electron chi connectivity index (χ0n) is 12.2. The van der Waals surface area contributed by atoms with Crippen LogP contribution in [0.2, 0.25) is 0 Å². The van der Waals surface area contributed by atoms with Crippen LogP contribution in [0.3, 0.4) is 0 Å². The number of pyridine rings is 1. The van der Waals surface area contributed by atoms with E-state index in [1.54, 1.807) is 19.1 Å². The number of carbonyl (C=O) groups is 1. The van der Waals surface area contributed by atoms with Gasteiger partial charge in [-0.05, 0) is 38.1 Å². The lowest BCUT2D eigenvalue weighted by Crippen LogP contribution is -2.20. The number of non-ortho nitro benzene ring substituents is 1. The molecule has 1 heterocycles. The van der Waals surface area contributed by atoms with Crippen LogP contribution in [0.5, 0.6) is 5.75 Å². The predicted molar refractivity (Wildman–Crippen MR) is 80.9 cm³/mol. The largest absolute Gasteiger partial charge is 0.484 e. The minimum atomic E-state index is -0.496. The summed E-state index contributed by atoms with van der Waals surface area (Å²) in [5.41, 5.74) is 2.20. The molecule has 22 heavy (non-hydrogen) atoms. The molecule has 2 aromatic rings. The van der Waals surface area contributed by atoms with Gasteiger partial charge in [0, 0.05) is 17.8 Å². The number of benzene rings is 1. The Morgan fingerprint density at radius 2 is 1.91 bits per heavy atom. The Bertz CT molecular complexity index is 698. The first-order valence-corrected chi connectivity index (χ1v) is 6.57. The van der Waals surface area contributed by atoms with Crippen molar-refractivity contribution >= 4 is 17.3 Å². The fraction of sp³-hybridized carbons (Fsp3) is 0.200. The predicted octanol–water partition coefficient (Wildman–Crippen LogP) is 2.62. The highest BCUT2D eigenvalue weighted by Gasteiger charge is 2.08. The maximum absolute atomic E-state index is 11.8. The van der Waals surface area contributed by atoms with Gasteiger partial charge in [0.2, 0.25) is 0 Å². The summed E-state index contributed by atoms with van der Waals surface area (Å²) in [6, 6.07) is 9.12. The minimum Gasteiger partial charge on any atom is -0.484 e. The van der Waals surface area contributed by atoms with E-state index in [-0.39, 0.29) is 18.2 Å². The van der Waals surface area contributed by atoms with Gasteiger partial charge in [-0.25, -0.2) is 0 Å². The number of nitrogens with zero attached hydrogens (tertiary/aromatic N) is 2. The third kappa shape index (κ3) is 4.02. The van der Waals surface area contributed by atoms with Gasteiger partial charge in [0.05, 0.1) is 16.3 Å². The quantitative estimate of drug-likeness (QED) is 0.676. The van der Waals surface area contributed by atoms with Gasteiger partial charge in [-0.15, -0.1) is 0 Å². The number of rotatable bonds is 5. The zero-order valence-corrected chi connectivity index (χ0v) is 12.2. The summed E-state index contributed by atoms with van der Waals surface area (Å²) in [6.45, 7) is 3.49. The Kier molecular flexibility index (Phi) is 4.67. The molecule has 0 atom stereocenters. The maximum Gasteiger partial charge on any atom is 0.269 e. The first-order chi connectivity index (χ1) is 10.5. The lowest BCUT2D eigenvalue weighted by molar-refractivity contribution is -0.384. The summed E-state index contributed by atoms with van der Waals surface area (Å²) >= 11 is 0. The van der Waals surface area contributed by atoms with Crippen molar-refractivity contribution in [3.05, 3.63) is 57.9 Å². The summed E-state index contributed by atoms with van der Waals surface area (Å²) in [5, 5.41) is 13.2. The molecule has 0 aliphatic rings. The molecule has 0 unspecified atom stereocenters. The molecule has 7 heteroatoms. The lowest BCUT2D eigenvalue weighted by Gasteiger charge is -2.09. The van der Waals surface area contributed by atoms with Crippen LogP contribution in [0.15, 0.2) is 36.4 Å². The van der Waals surface area contributed by atoms with Crippen molar-refractivity contribution in [2.75, 3.05) is 11.9 Å². The van der Waals surface area contributed by atoms with E-state index in [0.717, 1.165) is 11.4 Å². The molecule has 0 saturated carbocycles. The van der Waals surface area contributed by atoms with Gasteiger partial charge < -0.3 is 10.1 Å². The highest BCUT2D eigenvalue weighted by molar-refractivity contribution is 5.92. The highest BCUT2D eigenvalue weighted by atomic mass is 16.6.